The van der Waals surface area contributed by atoms with Crippen LogP contribution >= 0.6 is 15.9 Å². The van der Waals surface area contributed by atoms with E-state index in [1.807, 2.05) is 0 Å². The van der Waals surface area contributed by atoms with Crippen LogP contribution in [-0.2, 0) is 0 Å². The van der Waals surface area contributed by atoms with Crippen molar-refractivity contribution in [2.24, 2.45) is 0 Å². The normalized spacial score (nSPS) is 42.6. The van der Waals surface area contributed by atoms with Gasteiger partial charge in [-0.05, 0) is 5.57 Å². The first kappa shape index (κ1) is 10.1. The molecule has 0 heterocycles. The maximum atomic E-state index is 9.27. The van der Waals surface area contributed by atoms with Gasteiger partial charge in [0, 0.05) is 0 Å². The molecule has 0 aliphatic heterocycles. The van der Waals surface area contributed by atoms with Crippen molar-refractivity contribution in [1.82, 2.24) is 0 Å². The van der Waals surface area contributed by atoms with Crippen molar-refractivity contribution in [1.29, 1.82) is 0 Å². The van der Waals surface area contributed by atoms with Gasteiger partial charge in [0.1, 0.15) is 12.2 Å². The lowest BCUT2D eigenvalue weighted by Crippen LogP contribution is -2.47. The Bertz CT molecular complexity index is 194. The molecule has 1 aliphatic carbocycles. The van der Waals surface area contributed by atoms with Crippen molar-refractivity contribution in [2.45, 2.75) is 23.1 Å². The highest BCUT2D eigenvalue weighted by Gasteiger charge is 2.35. The number of alkyl halides is 1. The summed E-state index contributed by atoms with van der Waals surface area (Å²) in [5, 5.41) is 36.5. The molecule has 0 spiro atoms. The lowest BCUT2D eigenvalue weighted by atomic mass is 9.92. The van der Waals surface area contributed by atoms with Crippen molar-refractivity contribution in [3.8, 4) is 0 Å². The predicted octanol–water partition coefficient (Wildman–Crippen LogP) is -1.24. The molecule has 1 rings (SSSR count). The third-order valence-corrected chi connectivity index (χ3v) is 2.74. The fourth-order valence-electron chi connectivity index (χ4n) is 1.14. The molecule has 0 aromatic carbocycles. The zero-order chi connectivity index (χ0) is 9.30. The van der Waals surface area contributed by atoms with Crippen LogP contribution in [0.1, 0.15) is 0 Å². The number of aliphatic hydroxyl groups excluding tert-OH is 4. The Balaban J connectivity index is 2.84. The highest BCUT2D eigenvalue weighted by atomic mass is 79.9. The van der Waals surface area contributed by atoms with Crippen LogP contribution in [-0.4, -0.2) is 50.2 Å². The molecule has 0 amide bonds. The zero-order valence-corrected chi connectivity index (χ0v) is 7.85. The fourth-order valence-corrected chi connectivity index (χ4v) is 1.79. The molecule has 4 atom stereocenters. The predicted molar refractivity (Wildman–Crippen MR) is 45.9 cm³/mol. The Labute approximate surface area is 78.3 Å². The second-order valence-electron chi connectivity index (χ2n) is 2.77. The minimum absolute atomic E-state index is 0.312. The van der Waals surface area contributed by atoms with Gasteiger partial charge in [0.2, 0.25) is 0 Å². The molecule has 0 saturated heterocycles. The average molecular weight is 239 g/mol. The Hall–Kier alpha value is 0.0600. The van der Waals surface area contributed by atoms with Gasteiger partial charge < -0.3 is 20.4 Å². The SMILES string of the molecule is OCC1=CC(Br)C(O)C(O)C1O. The molecule has 4 N–H and O–H groups in total. The molecule has 5 heteroatoms. The average Bonchev–Trinajstić information content (AvgIpc) is 2.08. The molecule has 70 valence electrons. The quantitative estimate of drug-likeness (QED) is 0.341. The van der Waals surface area contributed by atoms with Crippen molar-refractivity contribution in [3.05, 3.63) is 11.6 Å². The first-order chi connectivity index (χ1) is 5.57. The molecule has 0 aromatic rings. The molecule has 1 aliphatic rings. The second kappa shape index (κ2) is 3.85. The highest BCUT2D eigenvalue weighted by molar-refractivity contribution is 9.09. The zero-order valence-electron chi connectivity index (χ0n) is 6.26. The largest absolute Gasteiger partial charge is 0.392 e. The van der Waals surface area contributed by atoms with Crippen LogP contribution in [0.25, 0.3) is 0 Å². The van der Waals surface area contributed by atoms with E-state index in [4.69, 9.17) is 5.11 Å². The van der Waals surface area contributed by atoms with E-state index in [1.54, 1.807) is 0 Å². The van der Waals surface area contributed by atoms with Crippen molar-refractivity contribution < 1.29 is 20.4 Å². The van der Waals surface area contributed by atoms with Crippen LogP contribution in [0.5, 0.6) is 0 Å². The maximum Gasteiger partial charge on any atom is 0.111 e. The summed E-state index contributed by atoms with van der Waals surface area (Å²) in [4.78, 5) is -0.418. The summed E-state index contributed by atoms with van der Waals surface area (Å²) in [5.41, 5.74) is 0.328. The van der Waals surface area contributed by atoms with E-state index in [0.717, 1.165) is 0 Å². The lowest BCUT2D eigenvalue weighted by molar-refractivity contribution is -0.0503. The van der Waals surface area contributed by atoms with Crippen LogP contribution in [0, 0.1) is 0 Å². The molecule has 12 heavy (non-hydrogen) atoms. The van der Waals surface area contributed by atoms with Crippen LogP contribution in [0.15, 0.2) is 11.6 Å². The Morgan fingerprint density at radius 3 is 2.33 bits per heavy atom. The monoisotopic (exact) mass is 238 g/mol. The Morgan fingerprint density at radius 2 is 1.83 bits per heavy atom. The molecule has 4 nitrogen and oxygen atoms in total. The van der Waals surface area contributed by atoms with Gasteiger partial charge in [0.25, 0.3) is 0 Å². The van der Waals surface area contributed by atoms with E-state index in [0.29, 0.717) is 5.57 Å². The minimum Gasteiger partial charge on any atom is -0.392 e. The molecular weight excluding hydrogens is 228 g/mol. The van der Waals surface area contributed by atoms with Gasteiger partial charge in [-0.3, -0.25) is 0 Å². The van der Waals surface area contributed by atoms with Crippen molar-refractivity contribution >= 4 is 15.9 Å². The topological polar surface area (TPSA) is 80.9 Å². The summed E-state index contributed by atoms with van der Waals surface area (Å²) in [7, 11) is 0. The molecule has 0 aromatic heterocycles. The van der Waals surface area contributed by atoms with Crippen LogP contribution in [0.3, 0.4) is 0 Å². The van der Waals surface area contributed by atoms with E-state index in [-0.39, 0.29) is 6.61 Å². The van der Waals surface area contributed by atoms with Crippen LogP contribution < -0.4 is 0 Å². The summed E-state index contributed by atoms with van der Waals surface area (Å²) in [6, 6.07) is 0. The lowest BCUT2D eigenvalue weighted by Gasteiger charge is -2.31. The second-order valence-corrected chi connectivity index (χ2v) is 3.83. The standard InChI is InChI=1S/C7H11BrO4/c8-4-1-3(2-9)5(10)7(12)6(4)11/h1,4-7,9-12H,2H2. The minimum atomic E-state index is -1.23. The van der Waals surface area contributed by atoms with Gasteiger partial charge in [0.15, 0.2) is 0 Å². The van der Waals surface area contributed by atoms with Gasteiger partial charge in [-0.15, -0.1) is 0 Å². The van der Waals surface area contributed by atoms with Crippen molar-refractivity contribution in [2.75, 3.05) is 6.61 Å². The third-order valence-electron chi connectivity index (χ3n) is 1.94. The van der Waals surface area contributed by atoms with Gasteiger partial charge in [-0.2, -0.15) is 0 Å². The van der Waals surface area contributed by atoms with Gasteiger partial charge >= 0.3 is 0 Å². The van der Waals surface area contributed by atoms with Crippen LogP contribution in [0.4, 0.5) is 0 Å². The first-order valence-electron chi connectivity index (χ1n) is 3.57. The molecule has 0 radical (unpaired) electrons. The van der Waals surface area contributed by atoms with E-state index < -0.39 is 23.1 Å². The molecule has 0 fully saturated rings. The Kier molecular flexibility index (Phi) is 3.25. The summed E-state index contributed by atoms with van der Waals surface area (Å²) in [6.07, 6.45) is -1.93. The number of halogens is 1. The summed E-state index contributed by atoms with van der Waals surface area (Å²) in [6.45, 7) is -0.312. The van der Waals surface area contributed by atoms with Gasteiger partial charge in [-0.25, -0.2) is 0 Å². The number of aliphatic hydroxyl groups is 4. The van der Waals surface area contributed by atoms with Crippen molar-refractivity contribution in [3.63, 3.8) is 0 Å². The van der Waals surface area contributed by atoms with E-state index in [1.165, 1.54) is 6.08 Å². The first-order valence-corrected chi connectivity index (χ1v) is 4.49. The maximum absolute atomic E-state index is 9.27. The van der Waals surface area contributed by atoms with Gasteiger partial charge in [0.05, 0.1) is 17.5 Å². The van der Waals surface area contributed by atoms with E-state index in [2.05, 4.69) is 15.9 Å². The number of hydrogen-bond donors (Lipinski definition) is 4. The molecule has 0 bridgehead atoms. The number of hydrogen-bond acceptors (Lipinski definition) is 4. The smallest absolute Gasteiger partial charge is 0.111 e. The summed E-state index contributed by atoms with van der Waals surface area (Å²) < 4.78 is 0. The molecule has 0 saturated carbocycles. The van der Waals surface area contributed by atoms with Crippen LogP contribution in [0.2, 0.25) is 0 Å². The van der Waals surface area contributed by atoms with E-state index >= 15 is 0 Å². The fraction of sp³-hybridized carbons (Fsp3) is 0.714. The van der Waals surface area contributed by atoms with E-state index in [9.17, 15) is 15.3 Å². The highest BCUT2D eigenvalue weighted by Crippen LogP contribution is 2.24. The number of rotatable bonds is 1. The van der Waals surface area contributed by atoms with Gasteiger partial charge in [-0.1, -0.05) is 22.0 Å². The molecular formula is C7H11BrO4. The summed E-state index contributed by atoms with van der Waals surface area (Å²) in [5.74, 6) is 0. The third kappa shape index (κ3) is 1.70. The summed E-state index contributed by atoms with van der Waals surface area (Å²) >= 11 is 3.09. The molecule has 4 unspecified atom stereocenters. The Morgan fingerprint density at radius 1 is 1.25 bits per heavy atom.